The van der Waals surface area contributed by atoms with Crippen molar-refractivity contribution in [2.45, 2.75) is 39.2 Å². The summed E-state index contributed by atoms with van der Waals surface area (Å²) >= 11 is 0. The van der Waals surface area contributed by atoms with Gasteiger partial charge in [-0.15, -0.1) is 0 Å². The molecule has 3 unspecified atom stereocenters. The maximum Gasteiger partial charge on any atom is 0.320 e. The minimum atomic E-state index is -0.843. The highest BCUT2D eigenvalue weighted by molar-refractivity contribution is 5.76. The number of hydrogen-bond donors (Lipinski definition) is 1. The van der Waals surface area contributed by atoms with E-state index in [0.29, 0.717) is 25.0 Å². The van der Waals surface area contributed by atoms with E-state index in [1.807, 2.05) is 11.8 Å². The Morgan fingerprint density at radius 3 is 2.61 bits per heavy atom. The van der Waals surface area contributed by atoms with Crippen LogP contribution in [0.1, 0.15) is 33.1 Å². The molecule has 2 amide bonds. The van der Waals surface area contributed by atoms with Crippen molar-refractivity contribution in [3.05, 3.63) is 0 Å². The topological polar surface area (TPSA) is 60.9 Å². The summed E-state index contributed by atoms with van der Waals surface area (Å²) in [6, 6.07) is 0.425. The van der Waals surface area contributed by atoms with Gasteiger partial charge in [-0.05, 0) is 32.1 Å². The summed E-state index contributed by atoms with van der Waals surface area (Å²) in [7, 11) is 0. The molecule has 5 nitrogen and oxygen atoms in total. The molecule has 0 aromatic rings. The number of carboxylic acids is 1. The molecule has 2 rings (SSSR count). The summed E-state index contributed by atoms with van der Waals surface area (Å²) in [5.74, 6) is -0.674. The maximum absolute atomic E-state index is 12.4. The standard InChI is InChI=1S/C13H22N2O3/c1-3-14(7-9(2)12(16)17)13(18)15-8-10-4-5-11(15)6-10/h9-11H,3-8H2,1-2H3,(H,16,17). The second-order valence-corrected chi connectivity index (χ2v) is 5.55. The molecule has 1 saturated heterocycles. The third-order valence-electron chi connectivity index (χ3n) is 4.22. The highest BCUT2D eigenvalue weighted by Crippen LogP contribution is 2.37. The van der Waals surface area contributed by atoms with E-state index in [1.165, 1.54) is 6.42 Å². The average Bonchev–Trinajstić information content (AvgIpc) is 2.96. The van der Waals surface area contributed by atoms with Crippen molar-refractivity contribution < 1.29 is 14.7 Å². The number of fused-ring (bicyclic) bond motifs is 2. The van der Waals surface area contributed by atoms with Crippen LogP contribution < -0.4 is 0 Å². The van der Waals surface area contributed by atoms with Crippen molar-refractivity contribution in [2.24, 2.45) is 11.8 Å². The lowest BCUT2D eigenvalue weighted by atomic mass is 10.1. The number of aliphatic carboxylic acids is 1. The van der Waals surface area contributed by atoms with Gasteiger partial charge in [0.25, 0.3) is 0 Å². The smallest absolute Gasteiger partial charge is 0.320 e. The predicted octanol–water partition coefficient (Wildman–Crippen LogP) is 1.63. The highest BCUT2D eigenvalue weighted by atomic mass is 16.4. The van der Waals surface area contributed by atoms with Gasteiger partial charge in [-0.3, -0.25) is 4.79 Å². The van der Waals surface area contributed by atoms with Gasteiger partial charge in [-0.25, -0.2) is 4.79 Å². The van der Waals surface area contributed by atoms with Crippen molar-refractivity contribution in [3.63, 3.8) is 0 Å². The number of carbonyl (C=O) groups excluding carboxylic acids is 1. The van der Waals surface area contributed by atoms with E-state index in [-0.39, 0.29) is 6.03 Å². The molecule has 1 saturated carbocycles. The lowest BCUT2D eigenvalue weighted by molar-refractivity contribution is -0.141. The Labute approximate surface area is 108 Å². The van der Waals surface area contributed by atoms with E-state index < -0.39 is 11.9 Å². The molecule has 18 heavy (non-hydrogen) atoms. The van der Waals surface area contributed by atoms with E-state index in [4.69, 9.17) is 5.11 Å². The molecule has 2 bridgehead atoms. The monoisotopic (exact) mass is 254 g/mol. The summed E-state index contributed by atoms with van der Waals surface area (Å²) in [6.45, 7) is 5.29. The van der Waals surface area contributed by atoms with Gasteiger partial charge in [0, 0.05) is 25.7 Å². The third kappa shape index (κ3) is 2.44. The van der Waals surface area contributed by atoms with Crippen LogP contribution in [0.15, 0.2) is 0 Å². The quantitative estimate of drug-likeness (QED) is 0.829. The molecular weight excluding hydrogens is 232 g/mol. The number of urea groups is 1. The lowest BCUT2D eigenvalue weighted by Crippen LogP contribution is -2.48. The molecule has 1 N–H and O–H groups in total. The summed E-state index contributed by atoms with van der Waals surface area (Å²) in [6.07, 6.45) is 3.49. The normalized spacial score (nSPS) is 27.3. The van der Waals surface area contributed by atoms with E-state index in [1.54, 1.807) is 11.8 Å². The molecule has 5 heteroatoms. The first kappa shape index (κ1) is 13.2. The molecule has 0 spiro atoms. The molecule has 2 aliphatic rings. The second-order valence-electron chi connectivity index (χ2n) is 5.55. The molecule has 2 fully saturated rings. The van der Waals surface area contributed by atoms with E-state index in [9.17, 15) is 9.59 Å². The summed E-state index contributed by atoms with van der Waals surface area (Å²) in [5, 5.41) is 8.93. The molecule has 102 valence electrons. The van der Waals surface area contributed by atoms with Gasteiger partial charge in [0.1, 0.15) is 0 Å². The minimum Gasteiger partial charge on any atom is -0.481 e. The Morgan fingerprint density at radius 1 is 1.44 bits per heavy atom. The molecule has 0 aromatic heterocycles. The molecule has 1 heterocycles. The van der Waals surface area contributed by atoms with Crippen LogP contribution in [-0.4, -0.2) is 52.6 Å². The number of amides is 2. The first-order valence-corrected chi connectivity index (χ1v) is 6.81. The van der Waals surface area contributed by atoms with Crippen LogP contribution in [0.25, 0.3) is 0 Å². The van der Waals surface area contributed by atoms with Crippen LogP contribution in [0.4, 0.5) is 4.79 Å². The van der Waals surface area contributed by atoms with Gasteiger partial charge >= 0.3 is 12.0 Å². The fraction of sp³-hybridized carbons (Fsp3) is 0.846. The Morgan fingerprint density at radius 2 is 2.17 bits per heavy atom. The van der Waals surface area contributed by atoms with Crippen molar-refractivity contribution >= 4 is 12.0 Å². The largest absolute Gasteiger partial charge is 0.481 e. The lowest BCUT2D eigenvalue weighted by Gasteiger charge is -2.33. The number of rotatable bonds is 4. The van der Waals surface area contributed by atoms with Crippen LogP contribution in [0.2, 0.25) is 0 Å². The number of hydrogen-bond acceptors (Lipinski definition) is 2. The van der Waals surface area contributed by atoms with Crippen LogP contribution in [0.3, 0.4) is 0 Å². The zero-order valence-corrected chi connectivity index (χ0v) is 11.1. The maximum atomic E-state index is 12.4. The summed E-state index contributed by atoms with van der Waals surface area (Å²) < 4.78 is 0. The average molecular weight is 254 g/mol. The molecular formula is C13H22N2O3. The minimum absolute atomic E-state index is 0.0257. The first-order chi connectivity index (χ1) is 8.52. The molecule has 0 aromatic carbocycles. The van der Waals surface area contributed by atoms with E-state index in [2.05, 4.69) is 0 Å². The van der Waals surface area contributed by atoms with Crippen molar-refractivity contribution in [1.29, 1.82) is 0 Å². The number of carbonyl (C=O) groups is 2. The molecule has 1 aliphatic carbocycles. The third-order valence-corrected chi connectivity index (χ3v) is 4.22. The molecule has 0 radical (unpaired) electrons. The van der Waals surface area contributed by atoms with Gasteiger partial charge in [0.2, 0.25) is 0 Å². The van der Waals surface area contributed by atoms with Crippen molar-refractivity contribution in [3.8, 4) is 0 Å². The second kappa shape index (κ2) is 5.16. The Kier molecular flexibility index (Phi) is 3.78. The van der Waals surface area contributed by atoms with Crippen molar-refractivity contribution in [2.75, 3.05) is 19.6 Å². The number of nitrogens with zero attached hydrogens (tertiary/aromatic N) is 2. The Bertz CT molecular complexity index is 345. The van der Waals surface area contributed by atoms with Crippen LogP contribution in [0, 0.1) is 11.8 Å². The number of carboxylic acid groups (broad SMARTS) is 1. The van der Waals surface area contributed by atoms with Crippen molar-refractivity contribution in [1.82, 2.24) is 9.80 Å². The Balaban J connectivity index is 1.95. The van der Waals surface area contributed by atoms with Gasteiger partial charge in [-0.2, -0.15) is 0 Å². The number of likely N-dealkylation sites (tertiary alicyclic amines) is 1. The fourth-order valence-electron chi connectivity index (χ4n) is 3.09. The van der Waals surface area contributed by atoms with E-state index >= 15 is 0 Å². The predicted molar refractivity (Wildman–Crippen MR) is 67.3 cm³/mol. The van der Waals surface area contributed by atoms with Gasteiger partial charge in [0.05, 0.1) is 5.92 Å². The van der Waals surface area contributed by atoms with Crippen LogP contribution in [-0.2, 0) is 4.79 Å². The fourth-order valence-corrected chi connectivity index (χ4v) is 3.09. The summed E-state index contributed by atoms with van der Waals surface area (Å²) in [5.41, 5.74) is 0. The van der Waals surface area contributed by atoms with Crippen LogP contribution >= 0.6 is 0 Å². The van der Waals surface area contributed by atoms with Gasteiger partial charge in [0.15, 0.2) is 0 Å². The van der Waals surface area contributed by atoms with Crippen LogP contribution in [0.5, 0.6) is 0 Å². The van der Waals surface area contributed by atoms with Gasteiger partial charge < -0.3 is 14.9 Å². The SMILES string of the molecule is CCN(CC(C)C(=O)O)C(=O)N1CC2CCC1C2. The molecule has 3 atom stereocenters. The first-order valence-electron chi connectivity index (χ1n) is 6.81. The highest BCUT2D eigenvalue weighted by Gasteiger charge is 2.41. The summed E-state index contributed by atoms with van der Waals surface area (Å²) in [4.78, 5) is 26.9. The van der Waals surface area contributed by atoms with E-state index in [0.717, 1.165) is 19.4 Å². The zero-order valence-electron chi connectivity index (χ0n) is 11.1. The Hall–Kier alpha value is -1.26. The zero-order chi connectivity index (χ0) is 13.3. The number of piperidine rings is 1. The molecule has 1 aliphatic heterocycles. The van der Waals surface area contributed by atoms with Gasteiger partial charge in [-0.1, -0.05) is 6.92 Å².